The van der Waals surface area contributed by atoms with Crippen LogP contribution in [0.25, 0.3) is 6.08 Å². The normalized spacial score (nSPS) is 10.8. The fourth-order valence-electron chi connectivity index (χ4n) is 1.92. The number of benzene rings is 2. The summed E-state index contributed by atoms with van der Waals surface area (Å²) in [5.41, 5.74) is 2.56. The van der Waals surface area contributed by atoms with Crippen LogP contribution in [0.5, 0.6) is 0 Å². The van der Waals surface area contributed by atoms with E-state index in [4.69, 9.17) is 0 Å². The van der Waals surface area contributed by atoms with Gasteiger partial charge in [0.2, 0.25) is 0 Å². The first-order valence-corrected chi connectivity index (χ1v) is 7.75. The second-order valence-corrected chi connectivity index (χ2v) is 6.03. The molecule has 0 bridgehead atoms. The molecule has 0 saturated carbocycles. The van der Waals surface area contributed by atoms with Crippen molar-refractivity contribution in [2.75, 3.05) is 24.3 Å². The zero-order chi connectivity index (χ0) is 16.8. The maximum Gasteiger partial charge on any atom is 0.266 e. The minimum Gasteiger partial charge on any atom is -0.378 e. The molecule has 2 aromatic rings. The van der Waals surface area contributed by atoms with Crippen LogP contribution in [-0.2, 0) is 4.79 Å². The van der Waals surface area contributed by atoms with Gasteiger partial charge in [0.05, 0.1) is 0 Å². The van der Waals surface area contributed by atoms with Gasteiger partial charge in [-0.3, -0.25) is 4.79 Å². The minimum absolute atomic E-state index is 0.0607. The fraction of sp³-hybridized carbons (Fsp3) is 0.111. The molecule has 0 aliphatic carbocycles. The van der Waals surface area contributed by atoms with Gasteiger partial charge in [-0.05, 0) is 48.0 Å². The van der Waals surface area contributed by atoms with E-state index in [0.717, 1.165) is 15.7 Å². The summed E-state index contributed by atoms with van der Waals surface area (Å²) in [4.78, 5) is 14.2. The molecular formula is C18H16BrN3O. The lowest BCUT2D eigenvalue weighted by atomic mass is 10.1. The van der Waals surface area contributed by atoms with Gasteiger partial charge in [-0.15, -0.1) is 0 Å². The summed E-state index contributed by atoms with van der Waals surface area (Å²) in [5, 5.41) is 11.9. The summed E-state index contributed by atoms with van der Waals surface area (Å²) in [6.07, 6.45) is 1.58. The van der Waals surface area contributed by atoms with Crippen LogP contribution in [0.15, 0.2) is 58.6 Å². The van der Waals surface area contributed by atoms with Crippen molar-refractivity contribution in [3.63, 3.8) is 0 Å². The van der Waals surface area contributed by atoms with Crippen molar-refractivity contribution in [2.45, 2.75) is 0 Å². The van der Waals surface area contributed by atoms with Gasteiger partial charge in [-0.2, -0.15) is 5.26 Å². The summed E-state index contributed by atoms with van der Waals surface area (Å²) in [5.74, 6) is -0.425. The Kier molecular flexibility index (Phi) is 5.56. The number of hydrogen-bond donors (Lipinski definition) is 1. The van der Waals surface area contributed by atoms with Crippen molar-refractivity contribution in [3.8, 4) is 6.07 Å². The van der Waals surface area contributed by atoms with Crippen LogP contribution in [0.4, 0.5) is 11.4 Å². The smallest absolute Gasteiger partial charge is 0.266 e. The lowest BCUT2D eigenvalue weighted by Gasteiger charge is -2.11. The van der Waals surface area contributed by atoms with E-state index in [9.17, 15) is 10.1 Å². The first kappa shape index (κ1) is 16.8. The number of carbonyl (C=O) groups excluding carboxylic acids is 1. The Hall–Kier alpha value is -2.58. The number of amides is 1. The number of nitriles is 1. The predicted molar refractivity (Wildman–Crippen MR) is 97.1 cm³/mol. The van der Waals surface area contributed by atoms with Crippen molar-refractivity contribution >= 4 is 39.3 Å². The molecule has 0 saturated heterocycles. The third kappa shape index (κ3) is 4.70. The molecule has 23 heavy (non-hydrogen) atoms. The molecule has 0 spiro atoms. The van der Waals surface area contributed by atoms with Gasteiger partial charge in [-0.25, -0.2) is 0 Å². The first-order valence-electron chi connectivity index (χ1n) is 6.95. The number of anilines is 2. The van der Waals surface area contributed by atoms with Crippen molar-refractivity contribution in [2.24, 2.45) is 0 Å². The Bertz CT molecular complexity index is 756. The van der Waals surface area contributed by atoms with E-state index >= 15 is 0 Å². The van der Waals surface area contributed by atoms with E-state index in [2.05, 4.69) is 21.2 Å². The molecule has 1 amide bonds. The summed E-state index contributed by atoms with van der Waals surface area (Å²) in [6, 6.07) is 16.8. The first-order chi connectivity index (χ1) is 11.0. The maximum absolute atomic E-state index is 12.2. The van der Waals surface area contributed by atoms with Crippen molar-refractivity contribution in [1.82, 2.24) is 0 Å². The van der Waals surface area contributed by atoms with E-state index in [1.165, 1.54) is 0 Å². The molecule has 2 rings (SSSR count). The quantitative estimate of drug-likeness (QED) is 0.652. The van der Waals surface area contributed by atoms with Crippen LogP contribution in [0.2, 0.25) is 0 Å². The lowest BCUT2D eigenvalue weighted by molar-refractivity contribution is -0.112. The minimum atomic E-state index is -0.425. The molecule has 0 atom stereocenters. The van der Waals surface area contributed by atoms with E-state index in [1.54, 1.807) is 18.2 Å². The second-order valence-electron chi connectivity index (χ2n) is 5.12. The Labute approximate surface area is 144 Å². The molecule has 0 aliphatic rings. The summed E-state index contributed by atoms with van der Waals surface area (Å²) >= 11 is 3.33. The standard InChI is InChI=1S/C18H16BrN3O/c1-22(2)17-9-3-13(4-10-17)11-14(12-20)18(23)21-16-7-5-15(19)6-8-16/h3-11H,1-2H3,(H,21,23)/b14-11+. The number of nitrogens with one attached hydrogen (secondary N) is 1. The third-order valence-electron chi connectivity index (χ3n) is 3.19. The average Bonchev–Trinajstić information content (AvgIpc) is 2.55. The highest BCUT2D eigenvalue weighted by Gasteiger charge is 2.09. The monoisotopic (exact) mass is 369 g/mol. The molecule has 4 nitrogen and oxygen atoms in total. The molecule has 0 aliphatic heterocycles. The van der Waals surface area contributed by atoms with E-state index in [0.29, 0.717) is 5.69 Å². The summed E-state index contributed by atoms with van der Waals surface area (Å²) in [7, 11) is 3.91. The predicted octanol–water partition coefficient (Wildman–Crippen LogP) is 4.06. The van der Waals surface area contributed by atoms with Crippen LogP contribution in [0.1, 0.15) is 5.56 Å². The Morgan fingerprint density at radius 2 is 1.74 bits per heavy atom. The van der Waals surface area contributed by atoms with Crippen LogP contribution in [0.3, 0.4) is 0 Å². The van der Waals surface area contributed by atoms with Gasteiger partial charge in [0.25, 0.3) is 5.91 Å². The largest absolute Gasteiger partial charge is 0.378 e. The molecule has 2 aromatic carbocycles. The molecule has 116 valence electrons. The molecule has 0 unspecified atom stereocenters. The number of hydrogen-bond acceptors (Lipinski definition) is 3. The summed E-state index contributed by atoms with van der Waals surface area (Å²) in [6.45, 7) is 0. The highest BCUT2D eigenvalue weighted by atomic mass is 79.9. The topological polar surface area (TPSA) is 56.1 Å². The Morgan fingerprint density at radius 3 is 2.26 bits per heavy atom. The lowest BCUT2D eigenvalue weighted by Crippen LogP contribution is -2.13. The molecule has 0 radical (unpaired) electrons. The number of halogens is 1. The molecule has 5 heteroatoms. The van der Waals surface area contributed by atoms with Crippen molar-refractivity contribution < 1.29 is 4.79 Å². The second kappa shape index (κ2) is 7.61. The van der Waals surface area contributed by atoms with Crippen LogP contribution < -0.4 is 10.2 Å². The van der Waals surface area contributed by atoms with Crippen molar-refractivity contribution in [3.05, 3.63) is 64.1 Å². The number of rotatable bonds is 4. The maximum atomic E-state index is 12.2. The van der Waals surface area contributed by atoms with Crippen LogP contribution in [0, 0.1) is 11.3 Å². The number of carbonyl (C=O) groups is 1. The summed E-state index contributed by atoms with van der Waals surface area (Å²) < 4.78 is 0.924. The van der Waals surface area contributed by atoms with E-state index in [-0.39, 0.29) is 5.57 Å². The van der Waals surface area contributed by atoms with E-state index < -0.39 is 5.91 Å². The molecule has 1 N–H and O–H groups in total. The van der Waals surface area contributed by atoms with Gasteiger partial charge in [0, 0.05) is 29.9 Å². The molecule has 0 fully saturated rings. The molecular weight excluding hydrogens is 354 g/mol. The van der Waals surface area contributed by atoms with Gasteiger partial charge >= 0.3 is 0 Å². The Morgan fingerprint density at radius 1 is 1.13 bits per heavy atom. The Balaban J connectivity index is 2.16. The SMILES string of the molecule is CN(C)c1ccc(/C=C(\C#N)C(=O)Nc2ccc(Br)cc2)cc1. The van der Waals surface area contributed by atoms with Gasteiger partial charge in [0.1, 0.15) is 11.6 Å². The number of nitrogens with zero attached hydrogens (tertiary/aromatic N) is 2. The van der Waals surface area contributed by atoms with E-state index in [1.807, 2.05) is 61.5 Å². The zero-order valence-corrected chi connectivity index (χ0v) is 14.5. The highest BCUT2D eigenvalue weighted by Crippen LogP contribution is 2.17. The highest BCUT2D eigenvalue weighted by molar-refractivity contribution is 9.10. The van der Waals surface area contributed by atoms with Gasteiger partial charge in [-0.1, -0.05) is 28.1 Å². The van der Waals surface area contributed by atoms with Crippen LogP contribution in [-0.4, -0.2) is 20.0 Å². The molecule has 0 heterocycles. The third-order valence-corrected chi connectivity index (χ3v) is 3.72. The van der Waals surface area contributed by atoms with Crippen molar-refractivity contribution in [1.29, 1.82) is 5.26 Å². The van der Waals surface area contributed by atoms with Gasteiger partial charge in [0.15, 0.2) is 0 Å². The zero-order valence-electron chi connectivity index (χ0n) is 12.9. The van der Waals surface area contributed by atoms with Crippen LogP contribution >= 0.6 is 15.9 Å². The molecule has 0 aromatic heterocycles. The average molecular weight is 370 g/mol. The fourth-order valence-corrected chi connectivity index (χ4v) is 2.18. The van der Waals surface area contributed by atoms with Gasteiger partial charge < -0.3 is 10.2 Å².